The number of aryl methyl sites for hydroxylation is 2. The summed E-state index contributed by atoms with van der Waals surface area (Å²) in [6.07, 6.45) is 0. The number of nitrogens with two attached hydrogens (primary N) is 1. The molecule has 21 heavy (non-hydrogen) atoms. The van der Waals surface area contributed by atoms with E-state index in [2.05, 4.69) is 4.72 Å². The molecule has 2 rings (SSSR count). The molecular weight excluding hydrogens is 298 g/mol. The first-order valence-corrected chi connectivity index (χ1v) is 7.53. The van der Waals surface area contributed by atoms with Gasteiger partial charge in [0.1, 0.15) is 11.6 Å². The Morgan fingerprint density at radius 2 is 1.71 bits per heavy atom. The van der Waals surface area contributed by atoms with E-state index in [1.807, 2.05) is 0 Å². The lowest BCUT2D eigenvalue weighted by Crippen LogP contribution is -2.15. The van der Waals surface area contributed by atoms with E-state index in [-0.39, 0.29) is 21.8 Å². The van der Waals surface area contributed by atoms with E-state index < -0.39 is 21.7 Å². The quantitative estimate of drug-likeness (QED) is 0.856. The van der Waals surface area contributed by atoms with Gasteiger partial charge in [-0.2, -0.15) is 0 Å². The van der Waals surface area contributed by atoms with Crippen LogP contribution in [0.4, 0.5) is 20.2 Å². The topological polar surface area (TPSA) is 72.2 Å². The van der Waals surface area contributed by atoms with Crippen LogP contribution in [-0.2, 0) is 10.0 Å². The van der Waals surface area contributed by atoms with Crippen molar-refractivity contribution in [1.29, 1.82) is 0 Å². The summed E-state index contributed by atoms with van der Waals surface area (Å²) >= 11 is 0. The van der Waals surface area contributed by atoms with Crippen molar-refractivity contribution in [2.75, 3.05) is 10.5 Å². The zero-order chi connectivity index (χ0) is 15.8. The minimum absolute atomic E-state index is 0.120. The largest absolute Gasteiger partial charge is 0.396 e. The maximum absolute atomic E-state index is 13.3. The van der Waals surface area contributed by atoms with Crippen LogP contribution in [0.25, 0.3) is 0 Å². The third-order valence-corrected chi connectivity index (χ3v) is 4.52. The molecule has 0 amide bonds. The van der Waals surface area contributed by atoms with Gasteiger partial charge in [0.2, 0.25) is 0 Å². The zero-order valence-electron chi connectivity index (χ0n) is 11.4. The summed E-state index contributed by atoms with van der Waals surface area (Å²) < 4.78 is 53.4. The van der Waals surface area contributed by atoms with Gasteiger partial charge in [-0.05, 0) is 55.3 Å². The number of benzene rings is 2. The van der Waals surface area contributed by atoms with Crippen molar-refractivity contribution in [2.45, 2.75) is 18.7 Å². The lowest BCUT2D eigenvalue weighted by molar-refractivity contribution is 0.598. The third kappa shape index (κ3) is 3.13. The molecule has 0 aliphatic heterocycles. The van der Waals surface area contributed by atoms with Gasteiger partial charge in [0.25, 0.3) is 10.0 Å². The molecule has 0 aromatic heterocycles. The highest BCUT2D eigenvalue weighted by Crippen LogP contribution is 2.25. The highest BCUT2D eigenvalue weighted by molar-refractivity contribution is 7.92. The molecule has 0 aliphatic carbocycles. The Morgan fingerprint density at radius 1 is 1.05 bits per heavy atom. The SMILES string of the molecule is Cc1cc(F)ccc1NS(=O)(=O)c1cc(N)c(F)cc1C. The van der Waals surface area contributed by atoms with Crippen molar-refractivity contribution in [1.82, 2.24) is 0 Å². The molecule has 112 valence electrons. The van der Waals surface area contributed by atoms with Crippen molar-refractivity contribution in [3.05, 3.63) is 53.1 Å². The fourth-order valence-corrected chi connectivity index (χ4v) is 3.29. The minimum Gasteiger partial charge on any atom is -0.396 e. The molecule has 0 bridgehead atoms. The average Bonchev–Trinajstić information content (AvgIpc) is 2.37. The molecule has 3 N–H and O–H groups in total. The zero-order valence-corrected chi connectivity index (χ0v) is 12.3. The second-order valence-electron chi connectivity index (χ2n) is 4.70. The molecule has 0 unspecified atom stereocenters. The second-order valence-corrected chi connectivity index (χ2v) is 6.35. The molecule has 0 spiro atoms. The molecule has 0 aliphatic rings. The fourth-order valence-electron chi connectivity index (χ4n) is 1.90. The fraction of sp³-hybridized carbons (Fsp3) is 0.143. The second kappa shape index (κ2) is 5.33. The third-order valence-electron chi connectivity index (χ3n) is 3.02. The average molecular weight is 312 g/mol. The molecular formula is C14H14F2N2O2S. The summed E-state index contributed by atoms with van der Waals surface area (Å²) in [4.78, 5) is -0.120. The summed E-state index contributed by atoms with van der Waals surface area (Å²) in [5.74, 6) is -1.14. The number of anilines is 2. The van der Waals surface area contributed by atoms with E-state index >= 15 is 0 Å². The number of halogens is 2. The summed E-state index contributed by atoms with van der Waals surface area (Å²) in [6, 6.07) is 5.80. The van der Waals surface area contributed by atoms with Crippen molar-refractivity contribution in [3.63, 3.8) is 0 Å². The molecule has 0 saturated heterocycles. The van der Waals surface area contributed by atoms with Gasteiger partial charge in [0.15, 0.2) is 0 Å². The number of hydrogen-bond acceptors (Lipinski definition) is 3. The van der Waals surface area contributed by atoms with Crippen molar-refractivity contribution < 1.29 is 17.2 Å². The predicted octanol–water partition coefficient (Wildman–Crippen LogP) is 2.96. The van der Waals surface area contributed by atoms with Gasteiger partial charge in [-0.3, -0.25) is 4.72 Å². The first kappa shape index (κ1) is 15.2. The summed E-state index contributed by atoms with van der Waals surface area (Å²) in [7, 11) is -3.94. The number of sulfonamides is 1. The van der Waals surface area contributed by atoms with Gasteiger partial charge < -0.3 is 5.73 Å². The highest BCUT2D eigenvalue weighted by Gasteiger charge is 2.19. The number of rotatable bonds is 3. The minimum atomic E-state index is -3.94. The molecule has 0 saturated carbocycles. The Morgan fingerprint density at radius 3 is 2.33 bits per heavy atom. The summed E-state index contributed by atoms with van der Waals surface area (Å²) in [6.45, 7) is 3.04. The van der Waals surface area contributed by atoms with E-state index in [1.54, 1.807) is 6.92 Å². The summed E-state index contributed by atoms with van der Waals surface area (Å²) in [5.41, 5.74) is 6.08. The Labute approximate surface area is 121 Å². The van der Waals surface area contributed by atoms with Gasteiger partial charge in [-0.25, -0.2) is 17.2 Å². The lowest BCUT2D eigenvalue weighted by Gasteiger charge is -2.13. The Bertz CT molecular complexity index is 805. The first-order chi connectivity index (χ1) is 9.70. The smallest absolute Gasteiger partial charge is 0.262 e. The Kier molecular flexibility index (Phi) is 3.87. The van der Waals surface area contributed by atoms with Crippen LogP contribution in [0.15, 0.2) is 35.2 Å². The molecule has 2 aromatic rings. The van der Waals surface area contributed by atoms with Crippen LogP contribution >= 0.6 is 0 Å². The van der Waals surface area contributed by atoms with Crippen molar-refractivity contribution in [3.8, 4) is 0 Å². The van der Waals surface area contributed by atoms with Crippen molar-refractivity contribution >= 4 is 21.4 Å². The van der Waals surface area contributed by atoms with Crippen LogP contribution in [0.1, 0.15) is 11.1 Å². The molecule has 0 fully saturated rings. The van der Waals surface area contributed by atoms with Crippen LogP contribution in [0.3, 0.4) is 0 Å². The van der Waals surface area contributed by atoms with E-state index in [1.165, 1.54) is 19.1 Å². The molecule has 7 heteroatoms. The van der Waals surface area contributed by atoms with Gasteiger partial charge >= 0.3 is 0 Å². The van der Waals surface area contributed by atoms with E-state index in [9.17, 15) is 17.2 Å². The van der Waals surface area contributed by atoms with Crippen LogP contribution in [0.2, 0.25) is 0 Å². The van der Waals surface area contributed by atoms with E-state index in [0.717, 1.165) is 18.2 Å². The Hall–Kier alpha value is -2.15. The van der Waals surface area contributed by atoms with Gasteiger partial charge in [0.05, 0.1) is 16.3 Å². The maximum atomic E-state index is 13.3. The predicted molar refractivity (Wildman–Crippen MR) is 77.5 cm³/mol. The van der Waals surface area contributed by atoms with E-state index in [4.69, 9.17) is 5.73 Å². The standard InChI is InChI=1S/C14H14F2N2O2S/c1-8-5-10(15)3-4-13(8)18-21(19,20)14-7-12(17)11(16)6-9(14)2/h3-7,18H,17H2,1-2H3. The Balaban J connectivity index is 2.46. The molecule has 2 aromatic carbocycles. The number of hydrogen-bond donors (Lipinski definition) is 2. The molecule has 4 nitrogen and oxygen atoms in total. The summed E-state index contributed by atoms with van der Waals surface area (Å²) in [5, 5.41) is 0. The lowest BCUT2D eigenvalue weighted by atomic mass is 10.2. The van der Waals surface area contributed by atoms with Gasteiger partial charge in [-0.1, -0.05) is 0 Å². The van der Waals surface area contributed by atoms with E-state index in [0.29, 0.717) is 5.56 Å². The maximum Gasteiger partial charge on any atom is 0.262 e. The van der Waals surface area contributed by atoms with Gasteiger partial charge in [-0.15, -0.1) is 0 Å². The normalized spacial score (nSPS) is 11.4. The monoisotopic (exact) mass is 312 g/mol. The number of nitrogens with one attached hydrogen (secondary N) is 1. The van der Waals surface area contributed by atoms with Crippen LogP contribution in [0.5, 0.6) is 0 Å². The van der Waals surface area contributed by atoms with Crippen LogP contribution < -0.4 is 10.5 Å². The first-order valence-electron chi connectivity index (χ1n) is 6.05. The molecule has 0 atom stereocenters. The number of nitrogen functional groups attached to an aromatic ring is 1. The highest BCUT2D eigenvalue weighted by atomic mass is 32.2. The van der Waals surface area contributed by atoms with Gasteiger partial charge in [0, 0.05) is 0 Å². The molecule has 0 radical (unpaired) electrons. The van der Waals surface area contributed by atoms with Crippen LogP contribution in [0, 0.1) is 25.5 Å². The molecule has 0 heterocycles. The van der Waals surface area contributed by atoms with Crippen LogP contribution in [-0.4, -0.2) is 8.42 Å². The van der Waals surface area contributed by atoms with Crippen molar-refractivity contribution in [2.24, 2.45) is 0 Å².